The van der Waals surface area contributed by atoms with Crippen molar-refractivity contribution in [3.63, 3.8) is 0 Å². The number of azo groups is 1. The summed E-state index contributed by atoms with van der Waals surface area (Å²) in [6.07, 6.45) is 2.46. The molecule has 5 N–H and O–H groups in total. The molecule has 0 unspecified atom stereocenters. The van der Waals surface area contributed by atoms with Gasteiger partial charge in [0.15, 0.2) is 0 Å². The summed E-state index contributed by atoms with van der Waals surface area (Å²) >= 11 is 0. The molecule has 4 heterocycles. The quantitative estimate of drug-likeness (QED) is 0.0518. The fourth-order valence-corrected chi connectivity index (χ4v) is 11.5. The minimum absolute atomic E-state index is 0.00678. The lowest BCUT2D eigenvalue weighted by molar-refractivity contribution is 0.480. The third kappa shape index (κ3) is 7.19. The van der Waals surface area contributed by atoms with Gasteiger partial charge in [-0.05, 0) is 108 Å². The Morgan fingerprint density at radius 2 is 0.971 bits per heavy atom. The second-order valence-electron chi connectivity index (χ2n) is 15.8. The first-order valence-corrected chi connectivity index (χ1v) is 26.8. The fraction of sp³-hybridized carbons (Fsp3) is 0.0244. The minimum atomic E-state index is -4.91. The number of hydrogen-bond acceptors (Lipinski definition) is 12. The van der Waals surface area contributed by atoms with Gasteiger partial charge in [0.05, 0.1) is 32.5 Å². The third-order valence-electron chi connectivity index (χ3n) is 11.6. The van der Waals surface area contributed by atoms with Crippen LogP contribution in [-0.4, -0.2) is 93.0 Å². The number of nitrogens with zero attached hydrogens (tertiary/aromatic N) is 8. The van der Waals surface area contributed by atoms with Crippen LogP contribution >= 0.6 is 0 Å². The zero-order valence-corrected chi connectivity index (χ0v) is 38.6. The van der Waals surface area contributed by atoms with Crippen molar-refractivity contribution >= 4 is 118 Å². The second kappa shape index (κ2) is 14.4. The van der Waals surface area contributed by atoms with Crippen LogP contribution in [-0.2, 0) is 50.6 Å². The first-order chi connectivity index (χ1) is 32.3. The molecule has 0 saturated carbocycles. The van der Waals surface area contributed by atoms with E-state index in [1.807, 2.05) is 0 Å². The van der Waals surface area contributed by atoms with Crippen LogP contribution in [0, 0.1) is 6.92 Å². The van der Waals surface area contributed by atoms with Crippen molar-refractivity contribution in [1.82, 2.24) is 28.1 Å². The number of aromatic nitrogens is 6. The van der Waals surface area contributed by atoms with Crippen LogP contribution in [0.1, 0.15) is 16.7 Å². The zero-order chi connectivity index (χ0) is 49.1. The molecule has 0 bridgehead atoms. The molecule has 0 amide bonds. The summed E-state index contributed by atoms with van der Waals surface area (Å²) < 4.78 is 178. The van der Waals surface area contributed by atoms with E-state index in [4.69, 9.17) is 0 Å². The van der Waals surface area contributed by atoms with Gasteiger partial charge >= 0.3 is 0 Å². The highest BCUT2D eigenvalue weighted by Crippen LogP contribution is 2.39. The van der Waals surface area contributed by atoms with Crippen LogP contribution in [0.2, 0.25) is 0 Å². The molecule has 0 radical (unpaired) electrons. The highest BCUT2D eigenvalue weighted by atomic mass is 32.2. The zero-order valence-electron chi connectivity index (χ0n) is 34.5. The average Bonchev–Trinajstić information content (AvgIpc) is 4.12. The summed E-state index contributed by atoms with van der Waals surface area (Å²) in [4.78, 5) is 0.704. The van der Waals surface area contributed by atoms with E-state index < -0.39 is 70.2 Å². The molecule has 352 valence electrons. The highest BCUT2D eigenvalue weighted by Gasteiger charge is 2.31. The molecule has 11 rings (SSSR count). The second-order valence-corrected chi connectivity index (χ2v) is 22.8. The van der Waals surface area contributed by atoms with Crippen molar-refractivity contribution in [3.05, 3.63) is 126 Å². The Kier molecular flexibility index (Phi) is 9.23. The predicted octanol–water partition coefficient (Wildman–Crippen LogP) is 6.59. The molecule has 28 heteroatoms. The fourth-order valence-electron chi connectivity index (χ4n) is 8.40. The first-order valence-electron chi connectivity index (χ1n) is 19.6. The van der Waals surface area contributed by atoms with Gasteiger partial charge in [-0.3, -0.25) is 22.8 Å². The van der Waals surface area contributed by atoms with Gasteiger partial charge in [0, 0.05) is 16.2 Å². The highest BCUT2D eigenvalue weighted by molar-refractivity contribution is 7.87. The maximum Gasteiger partial charge on any atom is 0.295 e. The molecule has 11 aromatic rings. The van der Waals surface area contributed by atoms with E-state index >= 15 is 0 Å². The standard InChI is InChI=1S/C41H28N8O15S5/c1-22-16-27(44-47-36-21-39(69(62,63)64)33-20-30(66(53,54)55)11-13-32(33)41(36)49(44)47)9-14-34(22)43-42-26-7-4-23(37(18-26)67(56,57)58)2-3-24-5-8-28(19-38(24)68(59,60)61)45-46-35-15-6-25-17-29(65(50,51)52)10-12-31(25)40(35)48(45)46/h2-21H,1H3,(H,50,51,52)(H,53,54,55)(H,56,57,58)(H,59,60,61)(H,62,63,64). The van der Waals surface area contributed by atoms with E-state index in [1.54, 1.807) is 71.4 Å². The van der Waals surface area contributed by atoms with Crippen molar-refractivity contribution in [2.24, 2.45) is 10.2 Å². The monoisotopic (exact) mass is 1030 g/mol. The Balaban J connectivity index is 0.870. The molecule has 0 spiro atoms. The van der Waals surface area contributed by atoms with E-state index in [2.05, 4.69) is 10.2 Å². The van der Waals surface area contributed by atoms with E-state index in [-0.39, 0.29) is 32.5 Å². The molecule has 0 aliphatic carbocycles. The number of fused-ring (bicyclic) bond motifs is 12. The third-order valence-corrected chi connectivity index (χ3v) is 16.0. The van der Waals surface area contributed by atoms with Gasteiger partial charge in [-0.1, -0.05) is 42.5 Å². The van der Waals surface area contributed by atoms with Crippen molar-refractivity contribution in [2.45, 2.75) is 31.4 Å². The van der Waals surface area contributed by atoms with Gasteiger partial charge in [-0.25, -0.2) is 0 Å². The van der Waals surface area contributed by atoms with E-state index in [1.165, 1.54) is 66.7 Å². The Morgan fingerprint density at radius 1 is 0.435 bits per heavy atom. The van der Waals surface area contributed by atoms with Crippen LogP contribution in [0.4, 0.5) is 11.4 Å². The largest absolute Gasteiger partial charge is 0.295 e. The summed E-state index contributed by atoms with van der Waals surface area (Å²) in [6, 6.07) is 24.9. The number of rotatable bonds is 11. The number of benzene rings is 7. The topological polar surface area (TPSA) is 324 Å². The van der Waals surface area contributed by atoms with Crippen molar-refractivity contribution < 1.29 is 64.9 Å². The lowest BCUT2D eigenvalue weighted by atomic mass is 10.1. The molecule has 0 fully saturated rings. The van der Waals surface area contributed by atoms with Gasteiger partial charge in [-0.15, -0.1) is 18.5 Å². The number of aryl methyl sites for hydroxylation is 1. The Labute approximate surface area is 387 Å². The summed E-state index contributed by atoms with van der Waals surface area (Å²) in [5.74, 6) is 0. The molecule has 23 nitrogen and oxygen atoms in total. The van der Waals surface area contributed by atoms with Crippen LogP contribution in [0.15, 0.2) is 144 Å². The molecule has 69 heavy (non-hydrogen) atoms. The van der Waals surface area contributed by atoms with Gasteiger partial charge in [0.25, 0.3) is 50.6 Å². The molecular weight excluding hydrogens is 1000 g/mol. The van der Waals surface area contributed by atoms with Crippen molar-refractivity contribution in [1.29, 1.82) is 0 Å². The van der Waals surface area contributed by atoms with E-state index in [9.17, 15) is 64.9 Å². The van der Waals surface area contributed by atoms with Crippen molar-refractivity contribution in [2.75, 3.05) is 0 Å². The summed E-state index contributed by atoms with van der Waals surface area (Å²) in [6.45, 7) is 1.71. The average molecular weight is 1030 g/mol. The normalized spacial score (nSPS) is 13.8. The molecule has 0 atom stereocenters. The number of hydrogen-bond donors (Lipinski definition) is 5. The maximum atomic E-state index is 12.7. The molecular formula is C41H28N8O15S5. The summed E-state index contributed by atoms with van der Waals surface area (Å²) in [7, 11) is -23.8. The van der Waals surface area contributed by atoms with Crippen LogP contribution < -0.4 is 0 Å². The van der Waals surface area contributed by atoms with Gasteiger partial charge in [0.1, 0.15) is 36.8 Å². The van der Waals surface area contributed by atoms with Crippen molar-refractivity contribution in [3.8, 4) is 11.4 Å². The lowest BCUT2D eigenvalue weighted by Crippen LogP contribution is -2.04. The smallest absolute Gasteiger partial charge is 0.282 e. The van der Waals surface area contributed by atoms with Crippen LogP contribution in [0.3, 0.4) is 0 Å². The van der Waals surface area contributed by atoms with Gasteiger partial charge in [-0.2, -0.15) is 61.9 Å². The summed E-state index contributed by atoms with van der Waals surface area (Å²) in [5.41, 5.74) is 3.96. The molecule has 7 aromatic carbocycles. The SMILES string of the molecule is Cc1cc(-n2n3c4cc(S(=O)(=O)O)c5cc(S(=O)(=O)O)ccc5c4n23)ccc1N=Nc1ccc(C=Cc2ccc(-n3n4c5ccc6cc(S(=O)(=O)O)ccc6c5n34)cc2S(=O)(=O)O)c(S(=O)(=O)O)c1. The molecule has 0 aliphatic heterocycles. The van der Waals surface area contributed by atoms with E-state index in [0.717, 1.165) is 18.2 Å². The predicted molar refractivity (Wildman–Crippen MR) is 246 cm³/mol. The lowest BCUT2D eigenvalue weighted by Gasteiger charge is -2.09. The molecule has 4 aromatic heterocycles. The van der Waals surface area contributed by atoms with E-state index in [0.29, 0.717) is 55.5 Å². The Bertz CT molecular complexity index is 4710. The van der Waals surface area contributed by atoms with Crippen LogP contribution in [0.5, 0.6) is 0 Å². The summed E-state index contributed by atoms with van der Waals surface area (Å²) in [5, 5.41) is 9.72. The van der Waals surface area contributed by atoms with Gasteiger partial charge in [0.2, 0.25) is 0 Å². The Morgan fingerprint density at radius 3 is 1.58 bits per heavy atom. The molecule has 0 aliphatic rings. The van der Waals surface area contributed by atoms with Crippen LogP contribution in [0.25, 0.3) is 67.1 Å². The van der Waals surface area contributed by atoms with Gasteiger partial charge < -0.3 is 0 Å². The first kappa shape index (κ1) is 44.3. The minimum Gasteiger partial charge on any atom is -0.282 e. The molecule has 0 saturated heterocycles. The maximum absolute atomic E-state index is 12.7. The Hall–Kier alpha value is -7.25.